The Kier molecular flexibility index (Phi) is 6.62. The topological polar surface area (TPSA) is 112 Å². The van der Waals surface area contributed by atoms with Crippen LogP contribution in [0.1, 0.15) is 25.3 Å². The maximum atomic E-state index is 13.8. The zero-order valence-corrected chi connectivity index (χ0v) is 21.8. The van der Waals surface area contributed by atoms with E-state index in [-0.39, 0.29) is 23.5 Å². The first-order valence-electron chi connectivity index (χ1n) is 13.2. The first-order valence-corrected chi connectivity index (χ1v) is 13.2. The van der Waals surface area contributed by atoms with Crippen molar-refractivity contribution in [2.24, 2.45) is 0 Å². The first kappa shape index (κ1) is 24.9. The Morgan fingerprint density at radius 3 is 2.56 bits per heavy atom. The highest BCUT2D eigenvalue weighted by Crippen LogP contribution is 2.29. The average molecular weight is 526 g/mol. The summed E-state index contributed by atoms with van der Waals surface area (Å²) < 4.78 is 9.09. The highest BCUT2D eigenvalue weighted by Gasteiger charge is 2.31. The van der Waals surface area contributed by atoms with Crippen LogP contribution in [0.4, 0.5) is 5.82 Å². The van der Waals surface area contributed by atoms with Crippen LogP contribution < -0.4 is 16.2 Å². The number of aromatic nitrogens is 4. The van der Waals surface area contributed by atoms with Crippen LogP contribution in [0.2, 0.25) is 0 Å². The standard InChI is InChI=1S/C29H31N7O3/c1-33(20-9-10-20)16-5-8-25(37)34-17-15-22(18-34)36-28-26(27(30)31-19-32-28)35(29(36)38)21-11-13-24(14-12-21)39-23-6-3-2-4-7-23/h2-8,11-14,19-20,22H,9-10,15-18H2,1H3,(H2,30,31,32)/t22-/m1/s1. The number of anilines is 1. The third-order valence-corrected chi connectivity index (χ3v) is 7.42. The van der Waals surface area contributed by atoms with Crippen molar-refractivity contribution in [2.45, 2.75) is 31.3 Å². The van der Waals surface area contributed by atoms with E-state index < -0.39 is 0 Å². The van der Waals surface area contributed by atoms with Gasteiger partial charge in [0.1, 0.15) is 23.3 Å². The van der Waals surface area contributed by atoms with Crippen LogP contribution in [0, 0.1) is 0 Å². The number of nitrogens with zero attached hydrogens (tertiary/aromatic N) is 6. The minimum atomic E-state index is -0.269. The summed E-state index contributed by atoms with van der Waals surface area (Å²) in [6, 6.07) is 17.1. The van der Waals surface area contributed by atoms with Gasteiger partial charge in [0.25, 0.3) is 0 Å². The minimum absolute atomic E-state index is 0.0402. The molecule has 1 aliphatic heterocycles. The van der Waals surface area contributed by atoms with Gasteiger partial charge < -0.3 is 15.4 Å². The van der Waals surface area contributed by atoms with E-state index in [0.29, 0.717) is 48.2 Å². The Balaban J connectivity index is 1.25. The van der Waals surface area contributed by atoms with Crippen molar-refractivity contribution in [2.75, 3.05) is 32.4 Å². The molecule has 0 bridgehead atoms. The second-order valence-electron chi connectivity index (χ2n) is 10.1. The van der Waals surface area contributed by atoms with Crippen LogP contribution >= 0.6 is 0 Å². The molecule has 39 heavy (non-hydrogen) atoms. The lowest BCUT2D eigenvalue weighted by Crippen LogP contribution is -2.31. The number of para-hydroxylation sites is 1. The number of imidazole rings is 1. The lowest BCUT2D eigenvalue weighted by Gasteiger charge is -2.16. The molecule has 2 aromatic carbocycles. The molecule has 1 amide bonds. The van der Waals surface area contributed by atoms with E-state index in [4.69, 9.17) is 10.5 Å². The fraction of sp³-hybridized carbons (Fsp3) is 0.310. The number of hydrogen-bond acceptors (Lipinski definition) is 7. The smallest absolute Gasteiger partial charge is 0.335 e. The number of carbonyl (C=O) groups is 1. The second-order valence-corrected chi connectivity index (χ2v) is 10.1. The highest BCUT2D eigenvalue weighted by molar-refractivity contribution is 5.88. The van der Waals surface area contributed by atoms with Gasteiger partial charge >= 0.3 is 5.69 Å². The normalized spacial score (nSPS) is 17.5. The fourth-order valence-electron chi connectivity index (χ4n) is 5.17. The molecule has 200 valence electrons. The van der Waals surface area contributed by atoms with Gasteiger partial charge in [-0.1, -0.05) is 24.3 Å². The Morgan fingerprint density at radius 2 is 1.82 bits per heavy atom. The van der Waals surface area contributed by atoms with Gasteiger partial charge in [-0.2, -0.15) is 0 Å². The maximum absolute atomic E-state index is 13.8. The molecular formula is C29H31N7O3. The third kappa shape index (κ3) is 5.03. The number of amides is 1. The van der Waals surface area contributed by atoms with Gasteiger partial charge in [0, 0.05) is 31.8 Å². The number of likely N-dealkylation sites (tertiary alicyclic amines) is 1. The second kappa shape index (κ2) is 10.4. The van der Waals surface area contributed by atoms with Crippen LogP contribution in [-0.2, 0) is 4.79 Å². The molecule has 2 aromatic heterocycles. The zero-order chi connectivity index (χ0) is 26.9. The number of nitrogen functional groups attached to an aromatic ring is 1. The minimum Gasteiger partial charge on any atom is -0.457 e. The first-order chi connectivity index (χ1) is 19.0. The molecule has 6 rings (SSSR count). The number of rotatable bonds is 8. The van der Waals surface area contributed by atoms with Gasteiger partial charge in [-0.05, 0) is 62.7 Å². The van der Waals surface area contributed by atoms with Crippen molar-refractivity contribution < 1.29 is 9.53 Å². The number of fused-ring (bicyclic) bond motifs is 1. The number of likely N-dealkylation sites (N-methyl/N-ethyl adjacent to an activating group) is 1. The van der Waals surface area contributed by atoms with Gasteiger partial charge in [0.2, 0.25) is 5.91 Å². The molecule has 1 atom stereocenters. The third-order valence-electron chi connectivity index (χ3n) is 7.42. The van der Waals surface area contributed by atoms with Crippen molar-refractivity contribution in [3.63, 3.8) is 0 Å². The van der Waals surface area contributed by atoms with E-state index >= 15 is 0 Å². The van der Waals surface area contributed by atoms with Crippen molar-refractivity contribution in [1.82, 2.24) is 28.9 Å². The number of carbonyl (C=O) groups excluding carboxylic acids is 1. The van der Waals surface area contributed by atoms with Crippen LogP contribution in [-0.4, -0.2) is 67.5 Å². The Labute approximate surface area is 225 Å². The zero-order valence-electron chi connectivity index (χ0n) is 21.8. The van der Waals surface area contributed by atoms with Crippen molar-refractivity contribution >= 4 is 22.9 Å². The van der Waals surface area contributed by atoms with Crippen LogP contribution in [0.3, 0.4) is 0 Å². The summed E-state index contributed by atoms with van der Waals surface area (Å²) in [5.41, 5.74) is 7.52. The summed E-state index contributed by atoms with van der Waals surface area (Å²) in [7, 11) is 2.08. The fourth-order valence-corrected chi connectivity index (χ4v) is 5.17. The molecule has 2 aliphatic rings. The molecule has 0 radical (unpaired) electrons. The quantitative estimate of drug-likeness (QED) is 0.351. The Bertz CT molecular complexity index is 1570. The molecule has 1 saturated carbocycles. The van der Waals surface area contributed by atoms with Crippen LogP contribution in [0.25, 0.3) is 16.9 Å². The van der Waals surface area contributed by atoms with E-state index in [9.17, 15) is 9.59 Å². The molecule has 3 heterocycles. The number of ether oxygens (including phenoxy) is 1. The van der Waals surface area contributed by atoms with Crippen molar-refractivity contribution in [3.05, 3.63) is 83.6 Å². The predicted octanol–water partition coefficient (Wildman–Crippen LogP) is 3.38. The molecule has 1 aliphatic carbocycles. The van der Waals surface area contributed by atoms with E-state index in [1.807, 2.05) is 48.5 Å². The molecule has 2 N–H and O–H groups in total. The summed E-state index contributed by atoms with van der Waals surface area (Å²) in [5, 5.41) is 0. The van der Waals surface area contributed by atoms with Gasteiger partial charge in [-0.3, -0.25) is 18.8 Å². The van der Waals surface area contributed by atoms with E-state index in [1.165, 1.54) is 23.7 Å². The van der Waals surface area contributed by atoms with Gasteiger partial charge in [-0.15, -0.1) is 0 Å². The molecular weight excluding hydrogens is 494 g/mol. The maximum Gasteiger partial charge on any atom is 0.335 e. The lowest BCUT2D eigenvalue weighted by molar-refractivity contribution is -0.125. The molecule has 0 unspecified atom stereocenters. The summed E-state index contributed by atoms with van der Waals surface area (Å²) in [4.78, 5) is 39.3. The average Bonchev–Trinajstić information content (AvgIpc) is 3.61. The molecule has 10 nitrogen and oxygen atoms in total. The molecule has 10 heteroatoms. The monoisotopic (exact) mass is 525 g/mol. The predicted molar refractivity (Wildman–Crippen MR) is 149 cm³/mol. The van der Waals surface area contributed by atoms with Crippen molar-refractivity contribution in [3.8, 4) is 17.2 Å². The molecule has 2 fully saturated rings. The largest absolute Gasteiger partial charge is 0.457 e. The summed E-state index contributed by atoms with van der Waals surface area (Å²) in [5.74, 6) is 1.55. The molecule has 4 aromatic rings. The highest BCUT2D eigenvalue weighted by atomic mass is 16.5. The van der Waals surface area contributed by atoms with E-state index in [1.54, 1.807) is 27.7 Å². The van der Waals surface area contributed by atoms with Crippen molar-refractivity contribution in [1.29, 1.82) is 0 Å². The Morgan fingerprint density at radius 1 is 1.08 bits per heavy atom. The number of benzene rings is 2. The Hall–Kier alpha value is -4.44. The summed E-state index contributed by atoms with van der Waals surface area (Å²) in [6.45, 7) is 1.75. The van der Waals surface area contributed by atoms with Gasteiger partial charge in [-0.25, -0.2) is 14.8 Å². The SMILES string of the molecule is CN(CC=CC(=O)N1CC[C@@H](n2c(=O)n(-c3ccc(Oc4ccccc4)cc3)c3c(N)ncnc32)C1)C1CC1. The van der Waals surface area contributed by atoms with Gasteiger partial charge in [0.05, 0.1) is 11.7 Å². The molecule has 0 spiro atoms. The van der Waals surface area contributed by atoms with Crippen LogP contribution in [0.15, 0.2) is 77.9 Å². The van der Waals surface area contributed by atoms with Crippen LogP contribution in [0.5, 0.6) is 11.5 Å². The number of nitrogens with two attached hydrogens (primary N) is 1. The molecule has 1 saturated heterocycles. The van der Waals surface area contributed by atoms with Gasteiger partial charge in [0.15, 0.2) is 11.5 Å². The number of hydrogen-bond donors (Lipinski definition) is 1. The lowest BCUT2D eigenvalue weighted by atomic mass is 10.2. The summed E-state index contributed by atoms with van der Waals surface area (Å²) in [6.07, 6.45) is 8.04. The van der Waals surface area contributed by atoms with E-state index in [0.717, 1.165) is 12.3 Å². The van der Waals surface area contributed by atoms with E-state index in [2.05, 4.69) is 21.9 Å². The summed E-state index contributed by atoms with van der Waals surface area (Å²) >= 11 is 0.